The maximum atomic E-state index is 12.6. The highest BCUT2D eigenvalue weighted by Crippen LogP contribution is 2.39. The molecule has 1 N–H and O–H groups in total. The van der Waals surface area contributed by atoms with Gasteiger partial charge in [-0.1, -0.05) is 30.3 Å². The largest absolute Gasteiger partial charge is 0.356 e. The fourth-order valence-electron chi connectivity index (χ4n) is 4.41. The molecular formula is C23H31N5OS. The number of aromatic nitrogens is 3. The second-order valence-corrected chi connectivity index (χ2v) is 9.60. The van der Waals surface area contributed by atoms with Gasteiger partial charge in [-0.25, -0.2) is 4.68 Å². The fourth-order valence-corrected chi connectivity index (χ4v) is 4.66. The molecule has 1 aromatic carbocycles. The molecule has 0 spiro atoms. The molecule has 1 aromatic heterocycles. The number of rotatable bonds is 8. The first-order valence-electron chi connectivity index (χ1n) is 11.4. The summed E-state index contributed by atoms with van der Waals surface area (Å²) in [4.78, 5) is 14.9. The van der Waals surface area contributed by atoms with Crippen LogP contribution in [0.5, 0.6) is 0 Å². The van der Waals surface area contributed by atoms with Crippen LogP contribution in [0.1, 0.15) is 55.8 Å². The van der Waals surface area contributed by atoms with Gasteiger partial charge in [-0.15, -0.1) is 0 Å². The second kappa shape index (κ2) is 8.63. The lowest BCUT2D eigenvalue weighted by Gasteiger charge is -2.31. The summed E-state index contributed by atoms with van der Waals surface area (Å²) < 4.78 is 4.99. The molecule has 1 saturated heterocycles. The maximum absolute atomic E-state index is 12.6. The molecule has 3 fully saturated rings. The van der Waals surface area contributed by atoms with E-state index < -0.39 is 0 Å². The second-order valence-electron chi connectivity index (χ2n) is 9.23. The van der Waals surface area contributed by atoms with Gasteiger partial charge in [0.05, 0.1) is 19.1 Å². The topological polar surface area (TPSA) is 55.1 Å². The van der Waals surface area contributed by atoms with Crippen LogP contribution in [0.3, 0.4) is 0 Å². The van der Waals surface area contributed by atoms with Gasteiger partial charge in [0.2, 0.25) is 5.91 Å². The minimum atomic E-state index is 0.0842. The molecule has 0 radical (unpaired) electrons. The van der Waals surface area contributed by atoms with E-state index in [-0.39, 0.29) is 11.8 Å². The van der Waals surface area contributed by atoms with Crippen LogP contribution in [-0.2, 0) is 18.0 Å². The Morgan fingerprint density at radius 1 is 1.13 bits per heavy atom. The molecule has 30 heavy (non-hydrogen) atoms. The molecule has 7 heteroatoms. The van der Waals surface area contributed by atoms with Gasteiger partial charge >= 0.3 is 0 Å². The Labute approximate surface area is 183 Å². The normalized spacial score (nSPS) is 22.2. The maximum Gasteiger partial charge on any atom is 0.224 e. The molecular weight excluding hydrogens is 394 g/mol. The first-order valence-corrected chi connectivity index (χ1v) is 11.8. The summed E-state index contributed by atoms with van der Waals surface area (Å²) in [5.41, 5.74) is 1.25. The summed E-state index contributed by atoms with van der Waals surface area (Å²) in [7, 11) is 0. The summed E-state index contributed by atoms with van der Waals surface area (Å²) in [6.45, 7) is 4.10. The summed E-state index contributed by atoms with van der Waals surface area (Å²) >= 11 is 5.84. The number of likely N-dealkylation sites (tertiary alicyclic amines) is 1. The lowest BCUT2D eigenvalue weighted by molar-refractivity contribution is -0.127. The Hall–Kier alpha value is -1.99. The third kappa shape index (κ3) is 4.67. The molecule has 1 aliphatic heterocycles. The SMILES string of the molecule is O=C(NCC1CC1)C1CCCN(Cn2nc(C3CC3)n(Cc3ccccc3)c2=S)C1. The summed E-state index contributed by atoms with van der Waals surface area (Å²) in [6, 6.07) is 10.5. The Kier molecular flexibility index (Phi) is 5.74. The van der Waals surface area contributed by atoms with Gasteiger partial charge in [0.1, 0.15) is 5.82 Å². The monoisotopic (exact) mass is 425 g/mol. The van der Waals surface area contributed by atoms with Crippen LogP contribution in [0.4, 0.5) is 0 Å². The number of amides is 1. The van der Waals surface area contributed by atoms with Crippen molar-refractivity contribution >= 4 is 18.1 Å². The fraction of sp³-hybridized carbons (Fsp3) is 0.609. The van der Waals surface area contributed by atoms with Crippen molar-refractivity contribution in [3.8, 4) is 0 Å². The molecule has 1 amide bonds. The lowest BCUT2D eigenvalue weighted by Crippen LogP contribution is -2.44. The molecule has 2 aromatic rings. The number of piperidine rings is 1. The van der Waals surface area contributed by atoms with Crippen molar-refractivity contribution in [2.45, 2.75) is 57.7 Å². The van der Waals surface area contributed by atoms with Crippen molar-refractivity contribution < 1.29 is 4.79 Å². The number of hydrogen-bond acceptors (Lipinski definition) is 4. The molecule has 2 aliphatic carbocycles. The van der Waals surface area contributed by atoms with E-state index in [0.29, 0.717) is 12.6 Å². The number of carbonyl (C=O) groups excluding carboxylic acids is 1. The predicted octanol–water partition coefficient (Wildman–Crippen LogP) is 3.54. The van der Waals surface area contributed by atoms with E-state index in [0.717, 1.165) is 55.5 Å². The van der Waals surface area contributed by atoms with Crippen LogP contribution < -0.4 is 5.32 Å². The van der Waals surface area contributed by atoms with E-state index in [9.17, 15) is 4.79 Å². The van der Waals surface area contributed by atoms with Crippen molar-refractivity contribution in [1.29, 1.82) is 0 Å². The van der Waals surface area contributed by atoms with Gasteiger partial charge < -0.3 is 5.32 Å². The predicted molar refractivity (Wildman–Crippen MR) is 119 cm³/mol. The Balaban J connectivity index is 1.27. The smallest absolute Gasteiger partial charge is 0.224 e. The molecule has 3 aliphatic rings. The molecule has 5 rings (SSSR count). The van der Waals surface area contributed by atoms with Crippen LogP contribution in [0, 0.1) is 16.6 Å². The number of benzene rings is 1. The Morgan fingerprint density at radius 2 is 1.93 bits per heavy atom. The van der Waals surface area contributed by atoms with Crippen LogP contribution in [-0.4, -0.2) is 44.8 Å². The highest BCUT2D eigenvalue weighted by atomic mass is 32.1. The van der Waals surface area contributed by atoms with Crippen molar-refractivity contribution in [2.24, 2.45) is 11.8 Å². The van der Waals surface area contributed by atoms with Crippen LogP contribution in [0.2, 0.25) is 0 Å². The average Bonchev–Trinajstić information content (AvgIpc) is 3.69. The van der Waals surface area contributed by atoms with E-state index >= 15 is 0 Å². The molecule has 1 atom stereocenters. The third-order valence-electron chi connectivity index (χ3n) is 6.55. The highest BCUT2D eigenvalue weighted by molar-refractivity contribution is 7.71. The Bertz CT molecular complexity index is 944. The molecule has 2 heterocycles. The van der Waals surface area contributed by atoms with Gasteiger partial charge in [0.25, 0.3) is 0 Å². The molecule has 2 saturated carbocycles. The highest BCUT2D eigenvalue weighted by Gasteiger charge is 2.32. The van der Waals surface area contributed by atoms with E-state index in [4.69, 9.17) is 17.3 Å². The van der Waals surface area contributed by atoms with Crippen LogP contribution in [0.15, 0.2) is 30.3 Å². The standard InChI is InChI=1S/C23H31N5OS/c29-22(24-13-17-8-9-17)20-7-4-12-26(15-20)16-28-23(30)27(21(25-28)19-10-11-19)14-18-5-2-1-3-6-18/h1-3,5-6,17,19-20H,4,7-16H2,(H,24,29). The minimum absolute atomic E-state index is 0.0842. The number of nitrogens with zero attached hydrogens (tertiary/aromatic N) is 4. The quantitative estimate of drug-likeness (QED) is 0.658. The first kappa shape index (κ1) is 19.9. The zero-order valence-corrected chi connectivity index (χ0v) is 18.3. The van der Waals surface area contributed by atoms with Crippen molar-refractivity contribution in [3.05, 3.63) is 46.5 Å². The van der Waals surface area contributed by atoms with Crippen molar-refractivity contribution in [1.82, 2.24) is 24.6 Å². The van der Waals surface area contributed by atoms with Gasteiger partial charge in [-0.2, -0.15) is 5.10 Å². The molecule has 1 unspecified atom stereocenters. The van der Waals surface area contributed by atoms with Crippen molar-refractivity contribution in [3.63, 3.8) is 0 Å². The van der Waals surface area contributed by atoms with Gasteiger partial charge in [0.15, 0.2) is 4.77 Å². The van der Waals surface area contributed by atoms with Crippen molar-refractivity contribution in [2.75, 3.05) is 19.6 Å². The first-order chi connectivity index (χ1) is 14.7. The summed E-state index contributed by atoms with van der Waals surface area (Å²) in [5, 5.41) is 8.09. The average molecular weight is 426 g/mol. The molecule has 0 bridgehead atoms. The van der Waals surface area contributed by atoms with Gasteiger partial charge in [-0.05, 0) is 68.8 Å². The van der Waals surface area contributed by atoms with Gasteiger partial charge in [0, 0.05) is 19.0 Å². The lowest BCUT2D eigenvalue weighted by atomic mass is 9.97. The zero-order valence-electron chi connectivity index (χ0n) is 17.5. The van der Waals surface area contributed by atoms with E-state index in [1.807, 2.05) is 10.7 Å². The summed E-state index contributed by atoms with van der Waals surface area (Å²) in [6.07, 6.45) is 6.97. The third-order valence-corrected chi connectivity index (χ3v) is 6.98. The van der Waals surface area contributed by atoms with Crippen LogP contribution >= 0.6 is 12.2 Å². The van der Waals surface area contributed by atoms with E-state index in [2.05, 4.69) is 39.0 Å². The zero-order chi connectivity index (χ0) is 20.5. The van der Waals surface area contributed by atoms with Crippen LogP contribution in [0.25, 0.3) is 0 Å². The molecule has 6 nitrogen and oxygen atoms in total. The van der Waals surface area contributed by atoms with E-state index in [1.54, 1.807) is 0 Å². The Morgan fingerprint density at radius 3 is 2.67 bits per heavy atom. The molecule has 160 valence electrons. The summed E-state index contributed by atoms with van der Waals surface area (Å²) in [5.74, 6) is 2.70. The minimum Gasteiger partial charge on any atom is -0.356 e. The number of hydrogen-bond donors (Lipinski definition) is 1. The number of carbonyl (C=O) groups is 1. The number of nitrogens with one attached hydrogen (secondary N) is 1. The van der Waals surface area contributed by atoms with E-state index in [1.165, 1.54) is 31.2 Å². The van der Waals surface area contributed by atoms with Gasteiger partial charge in [-0.3, -0.25) is 14.3 Å².